The van der Waals surface area contributed by atoms with Gasteiger partial charge in [-0.15, -0.1) is 0 Å². The van der Waals surface area contributed by atoms with Crippen molar-refractivity contribution in [3.63, 3.8) is 0 Å². The molecule has 2 aromatic heterocycles. The topological polar surface area (TPSA) is 55.0 Å². The molecule has 3 aromatic rings. The van der Waals surface area contributed by atoms with E-state index in [0.717, 1.165) is 14.5 Å². The number of hydrogen-bond acceptors (Lipinski definition) is 3. The molecule has 4 nitrogen and oxygen atoms in total. The Balaban J connectivity index is 2.03. The number of fused-ring (bicyclic) bond motifs is 1. The first-order valence-corrected chi connectivity index (χ1v) is 7.65. The van der Waals surface area contributed by atoms with E-state index < -0.39 is 5.97 Å². The van der Waals surface area contributed by atoms with Crippen LogP contribution in [0, 0.1) is 9.39 Å². The van der Waals surface area contributed by atoms with Gasteiger partial charge in [-0.2, -0.15) is 0 Å². The number of aromatic nitrogens is 2. The number of benzene rings is 1. The maximum atomic E-state index is 14.0. The fourth-order valence-corrected chi connectivity index (χ4v) is 2.77. The van der Waals surface area contributed by atoms with Crippen molar-refractivity contribution < 1.29 is 13.9 Å². The smallest absolute Gasteiger partial charge is 0.354 e. The third-order valence-electron chi connectivity index (χ3n) is 3.40. The number of carbonyl (C=O) groups excluding carboxylic acids is 1. The van der Waals surface area contributed by atoms with Gasteiger partial charge in [0, 0.05) is 21.6 Å². The Morgan fingerprint density at radius 2 is 2.18 bits per heavy atom. The average Bonchev–Trinajstić information content (AvgIpc) is 2.94. The summed E-state index contributed by atoms with van der Waals surface area (Å²) in [5.74, 6) is -0.701. The summed E-state index contributed by atoms with van der Waals surface area (Å²) >= 11 is 2.07. The number of H-pyrrole nitrogens is 1. The summed E-state index contributed by atoms with van der Waals surface area (Å²) in [6.07, 6.45) is 2.00. The SMILES string of the molecule is COC(=O)c1cc2ccnc(Cc3ccc(I)cc3F)c2[nH]1. The molecule has 3 rings (SSSR count). The van der Waals surface area contributed by atoms with Gasteiger partial charge in [0.15, 0.2) is 0 Å². The van der Waals surface area contributed by atoms with E-state index in [1.54, 1.807) is 24.4 Å². The predicted molar refractivity (Wildman–Crippen MR) is 89.4 cm³/mol. The van der Waals surface area contributed by atoms with Crippen molar-refractivity contribution in [3.8, 4) is 0 Å². The average molecular weight is 410 g/mol. The summed E-state index contributed by atoms with van der Waals surface area (Å²) in [5.41, 5.74) is 2.33. The van der Waals surface area contributed by atoms with E-state index in [1.165, 1.54) is 13.2 Å². The Labute approximate surface area is 139 Å². The second-order valence-corrected chi connectivity index (χ2v) is 6.05. The van der Waals surface area contributed by atoms with Crippen LogP contribution in [-0.2, 0) is 11.2 Å². The van der Waals surface area contributed by atoms with Crippen molar-refractivity contribution in [1.29, 1.82) is 0 Å². The van der Waals surface area contributed by atoms with E-state index in [4.69, 9.17) is 4.74 Å². The molecule has 0 aliphatic rings. The van der Waals surface area contributed by atoms with Crippen LogP contribution in [0.5, 0.6) is 0 Å². The highest BCUT2D eigenvalue weighted by atomic mass is 127. The van der Waals surface area contributed by atoms with Gasteiger partial charge in [-0.1, -0.05) is 6.07 Å². The lowest BCUT2D eigenvalue weighted by Gasteiger charge is -2.05. The van der Waals surface area contributed by atoms with Gasteiger partial charge < -0.3 is 9.72 Å². The molecule has 0 bridgehead atoms. The summed E-state index contributed by atoms with van der Waals surface area (Å²) < 4.78 is 19.6. The van der Waals surface area contributed by atoms with E-state index in [2.05, 4.69) is 32.6 Å². The Kier molecular flexibility index (Phi) is 4.10. The predicted octanol–water partition coefficient (Wildman–Crippen LogP) is 3.68. The van der Waals surface area contributed by atoms with Crippen LogP contribution >= 0.6 is 22.6 Å². The van der Waals surface area contributed by atoms with Gasteiger partial charge in [0.2, 0.25) is 0 Å². The first kappa shape index (κ1) is 15.0. The third kappa shape index (κ3) is 2.83. The lowest BCUT2D eigenvalue weighted by atomic mass is 10.1. The van der Waals surface area contributed by atoms with Crippen molar-refractivity contribution in [2.45, 2.75) is 6.42 Å². The molecule has 0 unspecified atom stereocenters. The number of hydrogen-bond donors (Lipinski definition) is 1. The molecule has 2 heterocycles. The van der Waals surface area contributed by atoms with E-state index in [-0.39, 0.29) is 5.82 Å². The highest BCUT2D eigenvalue weighted by Gasteiger charge is 2.14. The minimum Gasteiger partial charge on any atom is -0.464 e. The van der Waals surface area contributed by atoms with Gasteiger partial charge in [-0.05, 0) is 52.4 Å². The van der Waals surface area contributed by atoms with Crippen LogP contribution in [-0.4, -0.2) is 23.0 Å². The molecule has 0 spiro atoms. The van der Waals surface area contributed by atoms with Gasteiger partial charge in [-0.3, -0.25) is 4.98 Å². The molecule has 0 saturated heterocycles. The van der Waals surface area contributed by atoms with Gasteiger partial charge in [-0.25, -0.2) is 9.18 Å². The molecule has 0 atom stereocenters. The fraction of sp³-hybridized carbons (Fsp3) is 0.125. The maximum absolute atomic E-state index is 14.0. The second kappa shape index (κ2) is 6.04. The number of nitrogens with one attached hydrogen (secondary N) is 1. The minimum atomic E-state index is -0.442. The monoisotopic (exact) mass is 410 g/mol. The molecule has 22 heavy (non-hydrogen) atoms. The largest absolute Gasteiger partial charge is 0.464 e. The van der Waals surface area contributed by atoms with Gasteiger partial charge in [0.25, 0.3) is 0 Å². The number of aromatic amines is 1. The molecular formula is C16H12FIN2O2. The Morgan fingerprint density at radius 1 is 1.36 bits per heavy atom. The number of nitrogens with zero attached hydrogens (tertiary/aromatic N) is 1. The van der Waals surface area contributed by atoms with Crippen molar-refractivity contribution in [1.82, 2.24) is 9.97 Å². The van der Waals surface area contributed by atoms with Crippen LogP contribution in [0.4, 0.5) is 4.39 Å². The van der Waals surface area contributed by atoms with E-state index in [9.17, 15) is 9.18 Å². The lowest BCUT2D eigenvalue weighted by molar-refractivity contribution is 0.0595. The van der Waals surface area contributed by atoms with Crippen LogP contribution in [0.2, 0.25) is 0 Å². The first-order chi connectivity index (χ1) is 10.6. The van der Waals surface area contributed by atoms with Gasteiger partial charge >= 0.3 is 5.97 Å². The number of rotatable bonds is 3. The molecule has 112 valence electrons. The zero-order valence-corrected chi connectivity index (χ0v) is 13.8. The van der Waals surface area contributed by atoms with E-state index in [1.807, 2.05) is 6.07 Å². The van der Waals surface area contributed by atoms with E-state index in [0.29, 0.717) is 23.4 Å². The van der Waals surface area contributed by atoms with Crippen LogP contribution in [0.3, 0.4) is 0 Å². The molecule has 1 aromatic carbocycles. The molecule has 0 aliphatic heterocycles. The van der Waals surface area contributed by atoms with E-state index >= 15 is 0 Å². The standard InChI is InChI=1S/C16H12FIN2O2/c1-22-16(21)14-7-10-4-5-19-13(15(10)20-14)6-9-2-3-11(18)8-12(9)17/h2-5,7-8,20H,6H2,1H3. The Hall–Kier alpha value is -1.96. The van der Waals surface area contributed by atoms with Crippen molar-refractivity contribution in [2.75, 3.05) is 7.11 Å². The fourth-order valence-electron chi connectivity index (χ4n) is 2.31. The first-order valence-electron chi connectivity index (χ1n) is 6.57. The normalized spacial score (nSPS) is 10.9. The minimum absolute atomic E-state index is 0.259. The molecule has 0 aliphatic carbocycles. The number of methoxy groups -OCH3 is 1. The van der Waals surface area contributed by atoms with Crippen LogP contribution in [0.1, 0.15) is 21.7 Å². The molecule has 0 radical (unpaired) electrons. The molecule has 1 N–H and O–H groups in total. The van der Waals surface area contributed by atoms with Crippen molar-refractivity contribution >= 4 is 39.5 Å². The summed E-state index contributed by atoms with van der Waals surface area (Å²) in [6.45, 7) is 0. The Bertz CT molecular complexity index is 860. The number of carbonyl (C=O) groups is 1. The number of esters is 1. The molecule has 0 saturated carbocycles. The molecule has 6 heteroatoms. The van der Waals surface area contributed by atoms with Crippen molar-refractivity contribution in [2.24, 2.45) is 0 Å². The van der Waals surface area contributed by atoms with Crippen LogP contribution in [0.15, 0.2) is 36.5 Å². The highest BCUT2D eigenvalue weighted by molar-refractivity contribution is 14.1. The van der Waals surface area contributed by atoms with Crippen molar-refractivity contribution in [3.05, 3.63) is 62.9 Å². The number of halogens is 2. The number of ether oxygens (including phenoxy) is 1. The summed E-state index contributed by atoms with van der Waals surface area (Å²) in [7, 11) is 1.33. The Morgan fingerprint density at radius 3 is 2.91 bits per heavy atom. The molecular weight excluding hydrogens is 398 g/mol. The number of pyridine rings is 1. The zero-order valence-electron chi connectivity index (χ0n) is 11.7. The molecule has 0 fully saturated rings. The quantitative estimate of drug-likeness (QED) is 0.530. The summed E-state index contributed by atoms with van der Waals surface area (Å²) in [5, 5.41) is 0.844. The van der Waals surface area contributed by atoms with Crippen LogP contribution in [0.25, 0.3) is 10.9 Å². The second-order valence-electron chi connectivity index (χ2n) is 4.81. The highest BCUT2D eigenvalue weighted by Crippen LogP contribution is 2.22. The third-order valence-corrected chi connectivity index (χ3v) is 4.07. The van der Waals surface area contributed by atoms with Gasteiger partial charge in [0.1, 0.15) is 11.5 Å². The molecule has 0 amide bonds. The summed E-state index contributed by atoms with van der Waals surface area (Å²) in [4.78, 5) is 18.9. The maximum Gasteiger partial charge on any atom is 0.354 e. The lowest BCUT2D eigenvalue weighted by Crippen LogP contribution is -2.01. The summed E-state index contributed by atoms with van der Waals surface area (Å²) in [6, 6.07) is 8.60. The van der Waals surface area contributed by atoms with Crippen LogP contribution < -0.4 is 0 Å². The van der Waals surface area contributed by atoms with Gasteiger partial charge in [0.05, 0.1) is 18.3 Å². The zero-order chi connectivity index (χ0) is 15.7.